The molecule has 0 aliphatic carbocycles. The van der Waals surface area contributed by atoms with Gasteiger partial charge in [0, 0.05) is 18.7 Å². The van der Waals surface area contributed by atoms with Crippen LogP contribution in [0, 0.1) is 5.82 Å². The Morgan fingerprint density at radius 2 is 1.91 bits per heavy atom. The van der Waals surface area contributed by atoms with Gasteiger partial charge in [-0.2, -0.15) is 13.2 Å². The van der Waals surface area contributed by atoms with Gasteiger partial charge in [-0.25, -0.2) is 19.2 Å². The Kier molecular flexibility index (Phi) is 6.23. The van der Waals surface area contributed by atoms with Gasteiger partial charge in [0.1, 0.15) is 5.82 Å². The third kappa shape index (κ3) is 4.76. The van der Waals surface area contributed by atoms with Crippen LogP contribution in [0.25, 0.3) is 0 Å². The summed E-state index contributed by atoms with van der Waals surface area (Å²) in [6.07, 6.45) is -4.90. The summed E-state index contributed by atoms with van der Waals surface area (Å²) >= 11 is 6.05. The van der Waals surface area contributed by atoms with E-state index in [9.17, 15) is 22.4 Å². The summed E-state index contributed by atoms with van der Waals surface area (Å²) in [6, 6.07) is 0.945. The molecule has 0 saturated carbocycles. The van der Waals surface area contributed by atoms with Crippen LogP contribution < -0.4 is 11.1 Å². The van der Waals surface area contributed by atoms with Crippen LogP contribution in [0.15, 0.2) is 12.1 Å². The Bertz CT molecular complexity index is 1080. The summed E-state index contributed by atoms with van der Waals surface area (Å²) in [6.45, 7) is 3.89. The minimum Gasteiger partial charge on any atom is -0.396 e. The van der Waals surface area contributed by atoms with Gasteiger partial charge in [-0.1, -0.05) is 0 Å². The van der Waals surface area contributed by atoms with Gasteiger partial charge in [0.25, 0.3) is 0 Å². The lowest BCUT2D eigenvalue weighted by Crippen LogP contribution is -2.46. The van der Waals surface area contributed by atoms with Crippen molar-refractivity contribution < 1.29 is 27.1 Å². The second-order valence-electron chi connectivity index (χ2n) is 7.84. The van der Waals surface area contributed by atoms with Gasteiger partial charge in [0.05, 0.1) is 49.3 Å². The van der Waals surface area contributed by atoms with Crippen LogP contribution in [0.3, 0.4) is 0 Å². The van der Waals surface area contributed by atoms with Gasteiger partial charge in [-0.05, 0) is 36.2 Å². The maximum atomic E-state index is 13.9. The van der Waals surface area contributed by atoms with E-state index in [2.05, 4.69) is 15.3 Å². The third-order valence-corrected chi connectivity index (χ3v) is 5.76. The maximum Gasteiger partial charge on any atom is 0.419 e. The van der Waals surface area contributed by atoms with Gasteiger partial charge in [-0.3, -0.25) is 0 Å². The van der Waals surface area contributed by atoms with Crippen molar-refractivity contribution >= 4 is 29.1 Å². The van der Waals surface area contributed by atoms with Gasteiger partial charge in [0.15, 0.2) is 5.82 Å². The van der Waals surface area contributed by atoms with E-state index in [-0.39, 0.29) is 35.8 Å². The number of benzene rings is 1. The highest BCUT2D eigenvalue weighted by molar-refractivity contribution is 6.28. The number of nitrogen functional groups attached to an aromatic ring is 1. The van der Waals surface area contributed by atoms with Crippen LogP contribution in [0.4, 0.5) is 33.9 Å². The average Bonchev–Trinajstić information content (AvgIpc) is 3.18. The van der Waals surface area contributed by atoms with E-state index in [0.717, 1.165) is 6.07 Å². The van der Waals surface area contributed by atoms with Gasteiger partial charge in [0.2, 0.25) is 5.28 Å². The first-order chi connectivity index (χ1) is 15.5. The fraction of sp³-hybridized carbons (Fsp3) is 0.450. The number of morpholine rings is 1. The molecule has 2 amide bonds. The number of nitrogens with one attached hydrogen (secondary N) is 1. The van der Waals surface area contributed by atoms with E-state index in [1.54, 1.807) is 16.7 Å². The topological polar surface area (TPSA) is 96.6 Å². The zero-order chi connectivity index (χ0) is 23.9. The monoisotopic (exact) mass is 488 g/mol. The number of aromatic nitrogens is 2. The molecule has 0 radical (unpaired) electrons. The molecule has 8 nitrogen and oxygen atoms in total. The highest BCUT2D eigenvalue weighted by Gasteiger charge is 2.36. The molecule has 1 saturated heterocycles. The van der Waals surface area contributed by atoms with Crippen LogP contribution in [0.2, 0.25) is 5.28 Å². The largest absolute Gasteiger partial charge is 0.419 e. The number of alkyl halides is 3. The number of anilines is 2. The molecule has 4 rings (SSSR count). The summed E-state index contributed by atoms with van der Waals surface area (Å²) in [5, 5.41) is 2.94. The number of rotatable bonds is 3. The number of fused-ring (bicyclic) bond motifs is 1. The molecule has 2 aromatic rings. The number of nitrogens with zero attached hydrogens (tertiary/aromatic N) is 4. The summed E-state index contributed by atoms with van der Waals surface area (Å²) in [7, 11) is 0. The molecule has 1 fully saturated rings. The maximum absolute atomic E-state index is 13.9. The number of carbonyl (C=O) groups excluding carboxylic acids is 1. The first-order valence-corrected chi connectivity index (χ1v) is 10.5. The molecule has 1 unspecified atom stereocenters. The molecule has 3 N–H and O–H groups in total. The highest BCUT2D eigenvalue weighted by atomic mass is 35.5. The lowest BCUT2D eigenvalue weighted by atomic mass is 10.0. The Labute approximate surface area is 191 Å². The van der Waals surface area contributed by atoms with Crippen LogP contribution >= 0.6 is 11.6 Å². The minimum absolute atomic E-state index is 0.0706. The Morgan fingerprint density at radius 1 is 1.21 bits per heavy atom. The predicted molar refractivity (Wildman–Crippen MR) is 112 cm³/mol. The SMILES string of the molecule is CC(Nc1nc(Cl)nc2c1CN(C(=O)N1CCOCC1)C2)c1cc(N)c(F)c(C(F)(F)F)c1. The molecule has 2 aliphatic heterocycles. The van der Waals surface area contributed by atoms with E-state index in [4.69, 9.17) is 22.1 Å². The molecule has 3 heterocycles. The molecular formula is C20H21ClF4N6O2. The second kappa shape index (κ2) is 8.82. The highest BCUT2D eigenvalue weighted by Crippen LogP contribution is 2.37. The van der Waals surface area contributed by atoms with Gasteiger partial charge in [-0.15, -0.1) is 0 Å². The van der Waals surface area contributed by atoms with Crippen LogP contribution in [0.1, 0.15) is 35.3 Å². The molecule has 1 atom stereocenters. The number of carbonyl (C=O) groups is 1. The predicted octanol–water partition coefficient (Wildman–Crippen LogP) is 3.81. The van der Waals surface area contributed by atoms with Crippen LogP contribution in [-0.2, 0) is 24.0 Å². The normalized spacial score (nSPS) is 17.2. The second-order valence-corrected chi connectivity index (χ2v) is 8.18. The molecule has 1 aromatic heterocycles. The van der Waals surface area contributed by atoms with E-state index in [1.165, 1.54) is 0 Å². The lowest BCUT2D eigenvalue weighted by Gasteiger charge is -2.30. The van der Waals surface area contributed by atoms with Gasteiger partial charge < -0.3 is 25.6 Å². The van der Waals surface area contributed by atoms with Crippen molar-refractivity contribution in [2.45, 2.75) is 32.2 Å². The molecule has 2 aliphatic rings. The summed E-state index contributed by atoms with van der Waals surface area (Å²) < 4.78 is 58.8. The molecular weight excluding hydrogens is 468 g/mol. The lowest BCUT2D eigenvalue weighted by molar-refractivity contribution is -0.139. The zero-order valence-corrected chi connectivity index (χ0v) is 18.3. The molecule has 0 spiro atoms. The first-order valence-electron chi connectivity index (χ1n) is 10.1. The molecule has 0 bridgehead atoms. The quantitative estimate of drug-likeness (QED) is 0.387. The van der Waals surface area contributed by atoms with E-state index in [1.807, 2.05) is 0 Å². The van der Waals surface area contributed by atoms with E-state index in [0.29, 0.717) is 43.6 Å². The van der Waals surface area contributed by atoms with Crippen molar-refractivity contribution in [3.05, 3.63) is 45.6 Å². The Morgan fingerprint density at radius 3 is 2.58 bits per heavy atom. The van der Waals surface area contributed by atoms with Crippen molar-refractivity contribution in [1.29, 1.82) is 0 Å². The number of halogens is 5. The Hall–Kier alpha value is -2.86. The van der Waals surface area contributed by atoms with Crippen LogP contribution in [0.5, 0.6) is 0 Å². The fourth-order valence-corrected chi connectivity index (χ4v) is 4.04. The van der Waals surface area contributed by atoms with Gasteiger partial charge >= 0.3 is 12.2 Å². The van der Waals surface area contributed by atoms with Crippen LogP contribution in [-0.4, -0.2) is 52.1 Å². The van der Waals surface area contributed by atoms with Crippen molar-refractivity contribution in [2.24, 2.45) is 0 Å². The molecule has 33 heavy (non-hydrogen) atoms. The number of hydrogen-bond donors (Lipinski definition) is 2. The Balaban J connectivity index is 1.58. The summed E-state index contributed by atoms with van der Waals surface area (Å²) in [5.41, 5.74) is 4.69. The van der Waals surface area contributed by atoms with Crippen molar-refractivity contribution in [1.82, 2.24) is 19.8 Å². The van der Waals surface area contributed by atoms with Crippen molar-refractivity contribution in [3.63, 3.8) is 0 Å². The van der Waals surface area contributed by atoms with E-state index < -0.39 is 29.3 Å². The fourth-order valence-electron chi connectivity index (χ4n) is 3.85. The summed E-state index contributed by atoms with van der Waals surface area (Å²) in [5.74, 6) is -1.23. The number of amides is 2. The first kappa shape index (κ1) is 23.3. The average molecular weight is 489 g/mol. The molecule has 178 valence electrons. The standard InChI is InChI=1S/C20H21ClF4N6O2/c1-10(11-6-13(20(23,24)25)16(22)14(26)7-11)27-17-12-8-31(9-15(12)28-18(21)29-17)19(32)30-2-4-33-5-3-30/h6-7,10H,2-5,8-9,26H2,1H3,(H,27,28,29). The number of urea groups is 1. The smallest absolute Gasteiger partial charge is 0.396 e. The number of hydrogen-bond acceptors (Lipinski definition) is 6. The van der Waals surface area contributed by atoms with Crippen molar-refractivity contribution in [2.75, 3.05) is 37.4 Å². The van der Waals surface area contributed by atoms with E-state index >= 15 is 0 Å². The number of ether oxygens (including phenoxy) is 1. The molecule has 1 aromatic carbocycles. The third-order valence-electron chi connectivity index (χ3n) is 5.59. The minimum atomic E-state index is -4.90. The summed E-state index contributed by atoms with van der Waals surface area (Å²) in [4.78, 5) is 24.5. The van der Waals surface area contributed by atoms with Crippen molar-refractivity contribution in [3.8, 4) is 0 Å². The number of nitrogens with two attached hydrogens (primary N) is 1. The molecule has 13 heteroatoms. The zero-order valence-electron chi connectivity index (χ0n) is 17.5.